The first-order valence-electron chi connectivity index (χ1n) is 5.66. The van der Waals surface area contributed by atoms with Crippen LogP contribution in [0.3, 0.4) is 0 Å². The van der Waals surface area contributed by atoms with E-state index < -0.39 is 0 Å². The maximum Gasteiger partial charge on any atom is 0.139 e. The lowest BCUT2D eigenvalue weighted by atomic mass is 10.3. The molecular formula is C12H20N2O2S. The van der Waals surface area contributed by atoms with Crippen molar-refractivity contribution in [1.82, 2.24) is 4.98 Å². The summed E-state index contributed by atoms with van der Waals surface area (Å²) < 4.78 is 12.8. The van der Waals surface area contributed by atoms with Crippen LogP contribution in [0, 0.1) is 0 Å². The SMILES string of the molecule is COc1cncc(N(SOC(C)C)C(C)C)c1. The minimum Gasteiger partial charge on any atom is -0.495 e. The molecule has 0 aliphatic rings. The Kier molecular flexibility index (Phi) is 5.58. The summed E-state index contributed by atoms with van der Waals surface area (Å²) in [6.45, 7) is 8.23. The predicted octanol–water partition coefficient (Wildman–Crippen LogP) is 3.29. The molecule has 0 fully saturated rings. The Morgan fingerprint density at radius 3 is 2.47 bits per heavy atom. The largest absolute Gasteiger partial charge is 0.495 e. The quantitative estimate of drug-likeness (QED) is 0.576. The molecule has 1 aromatic rings. The van der Waals surface area contributed by atoms with Crippen LogP contribution in [-0.4, -0.2) is 24.2 Å². The molecule has 96 valence electrons. The summed E-state index contributed by atoms with van der Waals surface area (Å²) in [4.78, 5) is 4.15. The number of nitrogens with zero attached hydrogens (tertiary/aromatic N) is 2. The highest BCUT2D eigenvalue weighted by molar-refractivity contribution is 7.96. The van der Waals surface area contributed by atoms with E-state index in [9.17, 15) is 0 Å². The Morgan fingerprint density at radius 1 is 1.24 bits per heavy atom. The Morgan fingerprint density at radius 2 is 1.94 bits per heavy atom. The minimum absolute atomic E-state index is 0.180. The lowest BCUT2D eigenvalue weighted by Gasteiger charge is -2.26. The van der Waals surface area contributed by atoms with Gasteiger partial charge in [0.25, 0.3) is 0 Å². The van der Waals surface area contributed by atoms with Crippen LogP contribution in [0.2, 0.25) is 0 Å². The monoisotopic (exact) mass is 256 g/mol. The van der Waals surface area contributed by atoms with Crippen molar-refractivity contribution in [2.75, 3.05) is 11.4 Å². The molecule has 4 nitrogen and oxygen atoms in total. The fourth-order valence-corrected chi connectivity index (χ4v) is 1.82. The molecule has 0 bridgehead atoms. The van der Waals surface area contributed by atoms with Crippen molar-refractivity contribution in [1.29, 1.82) is 0 Å². The van der Waals surface area contributed by atoms with Crippen LogP contribution in [0.25, 0.3) is 0 Å². The molecule has 0 spiro atoms. The molecule has 0 amide bonds. The molecule has 1 rings (SSSR count). The standard InChI is InChI=1S/C12H20N2O2S/c1-9(2)14(17-16-10(3)4)11-6-12(15-5)8-13-7-11/h6-10H,1-5H3. The highest BCUT2D eigenvalue weighted by Crippen LogP contribution is 2.28. The third kappa shape index (κ3) is 4.44. The van der Waals surface area contributed by atoms with Gasteiger partial charge in [-0.15, -0.1) is 0 Å². The van der Waals surface area contributed by atoms with E-state index in [-0.39, 0.29) is 6.10 Å². The van der Waals surface area contributed by atoms with Crippen LogP contribution in [0.4, 0.5) is 5.69 Å². The highest BCUT2D eigenvalue weighted by Gasteiger charge is 2.14. The van der Waals surface area contributed by atoms with Crippen LogP contribution in [-0.2, 0) is 4.18 Å². The average molecular weight is 256 g/mol. The normalized spacial score (nSPS) is 11.0. The summed E-state index contributed by atoms with van der Waals surface area (Å²) >= 11 is 1.35. The van der Waals surface area contributed by atoms with Gasteiger partial charge in [0.2, 0.25) is 0 Å². The van der Waals surface area contributed by atoms with Gasteiger partial charge >= 0.3 is 0 Å². The molecule has 0 saturated heterocycles. The number of aromatic nitrogens is 1. The smallest absolute Gasteiger partial charge is 0.139 e. The second-order valence-electron chi connectivity index (χ2n) is 4.22. The Hall–Kier alpha value is -0.940. The zero-order chi connectivity index (χ0) is 12.8. The highest BCUT2D eigenvalue weighted by atomic mass is 32.2. The third-order valence-electron chi connectivity index (χ3n) is 1.97. The second-order valence-corrected chi connectivity index (χ2v) is 4.96. The minimum atomic E-state index is 0.180. The van der Waals surface area contributed by atoms with Crippen molar-refractivity contribution in [3.05, 3.63) is 18.5 Å². The van der Waals surface area contributed by atoms with E-state index in [2.05, 4.69) is 23.1 Å². The van der Waals surface area contributed by atoms with Crippen LogP contribution in [0.5, 0.6) is 5.75 Å². The maximum absolute atomic E-state index is 5.57. The van der Waals surface area contributed by atoms with Crippen LogP contribution >= 0.6 is 12.2 Å². The van der Waals surface area contributed by atoms with Crippen LogP contribution in [0.15, 0.2) is 18.5 Å². The molecule has 0 radical (unpaired) electrons. The van der Waals surface area contributed by atoms with Crippen molar-refractivity contribution < 1.29 is 8.92 Å². The van der Waals surface area contributed by atoms with E-state index in [1.54, 1.807) is 19.5 Å². The lowest BCUT2D eigenvalue weighted by molar-refractivity contribution is 0.288. The van der Waals surface area contributed by atoms with Gasteiger partial charge in [-0.1, -0.05) is 0 Å². The van der Waals surface area contributed by atoms with Gasteiger partial charge < -0.3 is 4.74 Å². The van der Waals surface area contributed by atoms with Gasteiger partial charge in [-0.3, -0.25) is 13.5 Å². The molecule has 0 atom stereocenters. The van der Waals surface area contributed by atoms with Crippen molar-refractivity contribution in [2.24, 2.45) is 0 Å². The van der Waals surface area contributed by atoms with Gasteiger partial charge in [0.05, 0.1) is 31.3 Å². The zero-order valence-electron chi connectivity index (χ0n) is 11.0. The van der Waals surface area contributed by atoms with Crippen LogP contribution < -0.4 is 9.04 Å². The topological polar surface area (TPSA) is 34.6 Å². The average Bonchev–Trinajstić information content (AvgIpc) is 2.28. The second kappa shape index (κ2) is 6.71. The van der Waals surface area contributed by atoms with Gasteiger partial charge in [0.15, 0.2) is 0 Å². The Balaban J connectivity index is 2.81. The van der Waals surface area contributed by atoms with Crippen LogP contribution in [0.1, 0.15) is 27.7 Å². The maximum atomic E-state index is 5.57. The summed E-state index contributed by atoms with van der Waals surface area (Å²) in [7, 11) is 1.64. The van der Waals surface area contributed by atoms with Gasteiger partial charge in [0, 0.05) is 12.1 Å². The number of hydrogen-bond acceptors (Lipinski definition) is 5. The molecule has 0 aliphatic heterocycles. The first kappa shape index (κ1) is 14.1. The molecule has 0 unspecified atom stereocenters. The van der Waals surface area contributed by atoms with E-state index in [1.807, 2.05) is 19.9 Å². The molecular weight excluding hydrogens is 236 g/mol. The van der Waals surface area contributed by atoms with E-state index in [1.165, 1.54) is 12.2 Å². The summed E-state index contributed by atoms with van der Waals surface area (Å²) in [5.74, 6) is 0.748. The first-order chi connectivity index (χ1) is 8.04. The zero-order valence-corrected chi connectivity index (χ0v) is 11.8. The molecule has 1 aromatic heterocycles. The summed E-state index contributed by atoms with van der Waals surface area (Å²) in [5.41, 5.74) is 0.977. The molecule has 17 heavy (non-hydrogen) atoms. The van der Waals surface area contributed by atoms with E-state index in [0.29, 0.717) is 6.04 Å². The summed E-state index contributed by atoms with van der Waals surface area (Å²) in [5, 5.41) is 0. The van der Waals surface area contributed by atoms with Crippen molar-refractivity contribution in [3.8, 4) is 5.75 Å². The number of ether oxygens (including phenoxy) is 1. The van der Waals surface area contributed by atoms with Gasteiger partial charge in [-0.2, -0.15) is 0 Å². The van der Waals surface area contributed by atoms with Crippen molar-refractivity contribution in [2.45, 2.75) is 39.8 Å². The van der Waals surface area contributed by atoms with E-state index in [4.69, 9.17) is 8.92 Å². The fourth-order valence-electron chi connectivity index (χ4n) is 1.20. The Bertz CT molecular complexity index is 345. The number of hydrogen-bond donors (Lipinski definition) is 0. The van der Waals surface area contributed by atoms with Crippen molar-refractivity contribution in [3.63, 3.8) is 0 Å². The third-order valence-corrected chi connectivity index (χ3v) is 3.24. The van der Waals surface area contributed by atoms with E-state index in [0.717, 1.165) is 11.4 Å². The van der Waals surface area contributed by atoms with Gasteiger partial charge in [0.1, 0.15) is 18.0 Å². The number of methoxy groups -OCH3 is 1. The summed E-state index contributed by atoms with van der Waals surface area (Å²) in [6, 6.07) is 2.26. The molecule has 0 aliphatic carbocycles. The molecule has 0 saturated carbocycles. The lowest BCUT2D eigenvalue weighted by Crippen LogP contribution is -2.24. The summed E-state index contributed by atoms with van der Waals surface area (Å²) in [6.07, 6.45) is 3.68. The number of pyridine rings is 1. The predicted molar refractivity (Wildman–Crippen MR) is 72.2 cm³/mol. The Labute approximate surface area is 108 Å². The molecule has 0 N–H and O–H groups in total. The molecule has 0 aromatic carbocycles. The number of rotatable bonds is 6. The number of anilines is 1. The first-order valence-corrected chi connectivity index (χ1v) is 6.36. The van der Waals surface area contributed by atoms with Gasteiger partial charge in [-0.05, 0) is 27.7 Å². The molecule has 1 heterocycles. The van der Waals surface area contributed by atoms with Gasteiger partial charge in [-0.25, -0.2) is 0 Å². The fraction of sp³-hybridized carbons (Fsp3) is 0.583. The van der Waals surface area contributed by atoms with Crippen molar-refractivity contribution >= 4 is 17.9 Å². The molecule has 5 heteroatoms. The van der Waals surface area contributed by atoms with E-state index >= 15 is 0 Å².